The standard InChI is InChI=1S/C17H30N2OS/c1-17(2,15(18)21)16(20)19(13-9-5-3-6-10-13)14-11-7-4-8-12-14/h13-14H,3-12H2,1-2H3,(H2,18,21). The second kappa shape index (κ2) is 7.08. The molecule has 2 aliphatic carbocycles. The van der Waals surface area contributed by atoms with Gasteiger partial charge in [0.1, 0.15) is 0 Å². The summed E-state index contributed by atoms with van der Waals surface area (Å²) in [6.45, 7) is 3.77. The summed E-state index contributed by atoms with van der Waals surface area (Å²) in [7, 11) is 0. The fourth-order valence-electron chi connectivity index (χ4n) is 3.78. The van der Waals surface area contributed by atoms with Gasteiger partial charge in [0.15, 0.2) is 0 Å². The Labute approximate surface area is 134 Å². The van der Waals surface area contributed by atoms with Crippen LogP contribution in [0.3, 0.4) is 0 Å². The molecule has 2 N–H and O–H groups in total. The van der Waals surface area contributed by atoms with Gasteiger partial charge in [-0.15, -0.1) is 0 Å². The molecule has 0 saturated heterocycles. The van der Waals surface area contributed by atoms with Crippen LogP contribution < -0.4 is 5.73 Å². The van der Waals surface area contributed by atoms with E-state index in [0.717, 1.165) is 25.7 Å². The molecule has 0 unspecified atom stereocenters. The minimum absolute atomic E-state index is 0.161. The summed E-state index contributed by atoms with van der Waals surface area (Å²) in [6.07, 6.45) is 12.2. The van der Waals surface area contributed by atoms with Gasteiger partial charge < -0.3 is 10.6 Å². The number of carbonyl (C=O) groups is 1. The maximum atomic E-state index is 13.2. The topological polar surface area (TPSA) is 46.3 Å². The fraction of sp³-hybridized carbons (Fsp3) is 0.882. The van der Waals surface area contributed by atoms with Gasteiger partial charge in [0, 0.05) is 12.1 Å². The summed E-state index contributed by atoms with van der Waals surface area (Å²) in [5.41, 5.74) is 5.13. The number of amides is 1. The number of hydrogen-bond donors (Lipinski definition) is 1. The second-order valence-corrected chi connectivity index (χ2v) is 7.73. The highest BCUT2D eigenvalue weighted by molar-refractivity contribution is 7.80. The second-order valence-electron chi connectivity index (χ2n) is 7.29. The zero-order valence-corrected chi connectivity index (χ0v) is 14.4. The molecule has 0 bridgehead atoms. The SMILES string of the molecule is CC(C)(C(=O)N(C1CCCCC1)C1CCCCC1)C(N)=S. The molecule has 2 aliphatic rings. The number of nitrogens with two attached hydrogens (primary N) is 1. The molecule has 0 atom stereocenters. The van der Waals surface area contributed by atoms with Crippen LogP contribution >= 0.6 is 12.2 Å². The largest absolute Gasteiger partial charge is 0.392 e. The van der Waals surface area contributed by atoms with Crippen molar-refractivity contribution in [3.05, 3.63) is 0 Å². The molecule has 0 heterocycles. The van der Waals surface area contributed by atoms with Crippen molar-refractivity contribution in [2.75, 3.05) is 0 Å². The van der Waals surface area contributed by atoms with Crippen molar-refractivity contribution in [1.29, 1.82) is 0 Å². The average Bonchev–Trinajstić information content (AvgIpc) is 2.49. The molecule has 0 radical (unpaired) electrons. The van der Waals surface area contributed by atoms with Crippen LogP contribution in [0.15, 0.2) is 0 Å². The Kier molecular flexibility index (Phi) is 5.64. The minimum atomic E-state index is -0.718. The zero-order chi connectivity index (χ0) is 15.5. The van der Waals surface area contributed by atoms with E-state index in [1.54, 1.807) is 0 Å². The Morgan fingerprint density at radius 1 is 0.952 bits per heavy atom. The highest BCUT2D eigenvalue weighted by atomic mass is 32.1. The monoisotopic (exact) mass is 310 g/mol. The number of nitrogens with zero attached hydrogens (tertiary/aromatic N) is 1. The van der Waals surface area contributed by atoms with Gasteiger partial charge >= 0.3 is 0 Å². The number of hydrogen-bond acceptors (Lipinski definition) is 2. The van der Waals surface area contributed by atoms with Crippen LogP contribution in [0, 0.1) is 5.41 Å². The lowest BCUT2D eigenvalue weighted by atomic mass is 9.84. The number of thiocarbonyl (C=S) groups is 1. The van der Waals surface area contributed by atoms with Crippen LogP contribution in [-0.4, -0.2) is 27.9 Å². The third-order valence-corrected chi connectivity index (χ3v) is 5.83. The zero-order valence-electron chi connectivity index (χ0n) is 13.6. The van der Waals surface area contributed by atoms with Gasteiger partial charge in [0.05, 0.1) is 10.4 Å². The Bertz CT molecular complexity index is 364. The highest BCUT2D eigenvalue weighted by Crippen LogP contribution is 2.33. The van der Waals surface area contributed by atoms with E-state index in [1.807, 2.05) is 13.8 Å². The molecule has 0 aromatic heterocycles. The summed E-state index contributed by atoms with van der Waals surface area (Å²) < 4.78 is 0. The van der Waals surface area contributed by atoms with Crippen molar-refractivity contribution >= 4 is 23.1 Å². The molecule has 3 nitrogen and oxygen atoms in total. The van der Waals surface area contributed by atoms with Crippen LogP contribution in [-0.2, 0) is 4.79 Å². The molecule has 0 aliphatic heterocycles. The molecule has 0 aromatic carbocycles. The smallest absolute Gasteiger partial charge is 0.235 e. The lowest BCUT2D eigenvalue weighted by Crippen LogP contribution is -2.55. The molecule has 0 spiro atoms. The van der Waals surface area contributed by atoms with Crippen molar-refractivity contribution in [3.8, 4) is 0 Å². The number of carbonyl (C=O) groups excluding carboxylic acids is 1. The van der Waals surface area contributed by atoms with Crippen molar-refractivity contribution < 1.29 is 4.79 Å². The fourth-order valence-corrected chi connectivity index (χ4v) is 3.86. The first-order valence-corrected chi connectivity index (χ1v) is 8.98. The lowest BCUT2D eigenvalue weighted by Gasteiger charge is -2.44. The quantitative estimate of drug-likeness (QED) is 0.804. The van der Waals surface area contributed by atoms with Gasteiger partial charge in [-0.2, -0.15) is 0 Å². The average molecular weight is 311 g/mol. The van der Waals surface area contributed by atoms with Crippen molar-refractivity contribution in [3.63, 3.8) is 0 Å². The van der Waals surface area contributed by atoms with Crippen LogP contribution in [0.25, 0.3) is 0 Å². The molecule has 21 heavy (non-hydrogen) atoms. The predicted molar refractivity (Wildman–Crippen MR) is 91.2 cm³/mol. The van der Waals surface area contributed by atoms with Crippen LogP contribution in [0.4, 0.5) is 0 Å². The molecule has 1 amide bonds. The number of rotatable bonds is 4. The maximum absolute atomic E-state index is 13.2. The summed E-state index contributed by atoms with van der Waals surface area (Å²) in [5.74, 6) is 0.161. The first-order chi connectivity index (χ1) is 9.94. The van der Waals surface area contributed by atoms with E-state index < -0.39 is 5.41 Å². The normalized spacial score (nSPS) is 22.0. The third-order valence-electron chi connectivity index (χ3n) is 5.32. The van der Waals surface area contributed by atoms with E-state index >= 15 is 0 Å². The van der Waals surface area contributed by atoms with Gasteiger partial charge in [-0.05, 0) is 39.5 Å². The minimum Gasteiger partial charge on any atom is -0.392 e. The molecule has 0 aromatic rings. The lowest BCUT2D eigenvalue weighted by molar-refractivity contribution is -0.144. The third kappa shape index (κ3) is 3.77. The van der Waals surface area contributed by atoms with Gasteiger partial charge in [0.25, 0.3) is 0 Å². The summed E-state index contributed by atoms with van der Waals surface area (Å²) >= 11 is 5.16. The molecule has 4 heteroatoms. The van der Waals surface area contributed by atoms with Crippen LogP contribution in [0.2, 0.25) is 0 Å². The first kappa shape index (κ1) is 16.7. The van der Waals surface area contributed by atoms with Crippen molar-refractivity contribution in [2.24, 2.45) is 11.1 Å². The Balaban J connectivity index is 2.21. The Hall–Kier alpha value is -0.640. The van der Waals surface area contributed by atoms with E-state index in [9.17, 15) is 4.79 Å². The van der Waals surface area contributed by atoms with Gasteiger partial charge in [-0.25, -0.2) is 0 Å². The van der Waals surface area contributed by atoms with Crippen LogP contribution in [0.5, 0.6) is 0 Å². The summed E-state index contributed by atoms with van der Waals surface area (Å²) in [4.78, 5) is 15.7. The molecular weight excluding hydrogens is 280 g/mol. The van der Waals surface area contributed by atoms with E-state index in [1.165, 1.54) is 38.5 Å². The van der Waals surface area contributed by atoms with E-state index in [2.05, 4.69) is 4.90 Å². The highest BCUT2D eigenvalue weighted by Gasteiger charge is 2.41. The summed E-state index contributed by atoms with van der Waals surface area (Å²) in [5, 5.41) is 0. The Morgan fingerprint density at radius 2 is 1.33 bits per heavy atom. The molecule has 2 saturated carbocycles. The van der Waals surface area contributed by atoms with Gasteiger partial charge in [0.2, 0.25) is 5.91 Å². The van der Waals surface area contributed by atoms with E-state index in [4.69, 9.17) is 18.0 Å². The first-order valence-electron chi connectivity index (χ1n) is 8.57. The maximum Gasteiger partial charge on any atom is 0.235 e. The Morgan fingerprint density at radius 3 is 1.67 bits per heavy atom. The van der Waals surface area contributed by atoms with Crippen LogP contribution in [0.1, 0.15) is 78.1 Å². The molecule has 120 valence electrons. The van der Waals surface area contributed by atoms with Gasteiger partial charge in [-0.3, -0.25) is 4.79 Å². The molecular formula is C17H30N2OS. The van der Waals surface area contributed by atoms with E-state index in [0.29, 0.717) is 17.1 Å². The van der Waals surface area contributed by atoms with Crippen molar-refractivity contribution in [1.82, 2.24) is 4.90 Å². The van der Waals surface area contributed by atoms with Crippen molar-refractivity contribution in [2.45, 2.75) is 90.1 Å². The molecule has 2 fully saturated rings. The van der Waals surface area contributed by atoms with Gasteiger partial charge in [-0.1, -0.05) is 50.7 Å². The van der Waals surface area contributed by atoms with E-state index in [-0.39, 0.29) is 5.91 Å². The predicted octanol–water partition coefficient (Wildman–Crippen LogP) is 3.79. The molecule has 2 rings (SSSR count). The summed E-state index contributed by atoms with van der Waals surface area (Å²) in [6, 6.07) is 0.811.